The van der Waals surface area contributed by atoms with Gasteiger partial charge in [0.25, 0.3) is 26.0 Å². The minimum Gasteiger partial charge on any atom is -0.481 e. The summed E-state index contributed by atoms with van der Waals surface area (Å²) in [4.78, 5) is 97.1. The van der Waals surface area contributed by atoms with Crippen LogP contribution in [0.5, 0.6) is 29.3 Å². The molecule has 1 aliphatic rings. The number of nitrogens with two attached hydrogens (primary N) is 1. The van der Waals surface area contributed by atoms with Crippen molar-refractivity contribution in [1.29, 1.82) is 0 Å². The van der Waals surface area contributed by atoms with Gasteiger partial charge in [-0.25, -0.2) is 42.0 Å². The number of alkyl halides is 4. The largest absolute Gasteiger partial charge is 0.481 e. The maximum Gasteiger partial charge on any atom is 0.388 e. The maximum absolute atomic E-state index is 12.5. The van der Waals surface area contributed by atoms with Crippen molar-refractivity contribution >= 4 is 92.4 Å². The minimum atomic E-state index is -4.71. The molecule has 2 atom stereocenters. The predicted octanol–water partition coefficient (Wildman–Crippen LogP) is 4.37. The number of carboxylic acid groups (broad SMARTS) is 2. The molecule has 0 radical (unpaired) electrons. The molecule has 9 N–H and O–H groups in total. The summed E-state index contributed by atoms with van der Waals surface area (Å²) < 4.78 is 139. The van der Waals surface area contributed by atoms with Crippen LogP contribution in [0.2, 0.25) is 10.0 Å². The summed E-state index contributed by atoms with van der Waals surface area (Å²) in [6.45, 7) is -4.88. The summed E-state index contributed by atoms with van der Waals surface area (Å²) in [6.07, 6.45) is 9.16. The Balaban J connectivity index is 0.000000271. The molecule has 42 heteroatoms. The highest BCUT2D eigenvalue weighted by Crippen LogP contribution is 2.36. The minimum absolute atomic E-state index is 0.0412. The maximum atomic E-state index is 12.5. The monoisotopic (exact) mass is 1380 g/mol. The van der Waals surface area contributed by atoms with E-state index in [-0.39, 0.29) is 48.2 Å². The molecule has 0 fully saturated rings. The molecule has 4 aromatic heterocycles. The van der Waals surface area contributed by atoms with Gasteiger partial charge in [0, 0.05) is 52.2 Å². The predicted molar refractivity (Wildman–Crippen MR) is 311 cm³/mol. The van der Waals surface area contributed by atoms with E-state index < -0.39 is 110 Å². The molecule has 0 bridgehead atoms. The number of carbonyl (C=O) groups is 5. The number of rotatable bonds is 21. The molecule has 2 aromatic carbocycles. The lowest BCUT2D eigenvalue weighted by Gasteiger charge is -2.14. The van der Waals surface area contributed by atoms with E-state index in [1.54, 1.807) is 20.7 Å². The van der Waals surface area contributed by atoms with Crippen LogP contribution in [0.4, 0.5) is 39.0 Å². The average molecular weight is 1380 g/mol. The summed E-state index contributed by atoms with van der Waals surface area (Å²) in [5.74, 6) is -2.75. The van der Waals surface area contributed by atoms with Crippen LogP contribution in [0.3, 0.4) is 0 Å². The van der Waals surface area contributed by atoms with Crippen molar-refractivity contribution in [1.82, 2.24) is 53.6 Å². The Morgan fingerprint density at radius 1 is 0.813 bits per heavy atom. The topological polar surface area (TPSA) is 459 Å². The van der Waals surface area contributed by atoms with Gasteiger partial charge < -0.3 is 49.4 Å². The smallest absolute Gasteiger partial charge is 0.388 e. The number of sulfonamides is 2. The number of anilines is 2. The van der Waals surface area contributed by atoms with Gasteiger partial charge in [-0.2, -0.15) is 50.6 Å². The molecule has 0 saturated carbocycles. The molecule has 0 spiro atoms. The fourth-order valence-corrected chi connectivity index (χ4v) is 10.3. The van der Waals surface area contributed by atoms with E-state index in [4.69, 9.17) is 64.7 Å². The summed E-state index contributed by atoms with van der Waals surface area (Å²) in [5.41, 5.74) is 4.49. The van der Waals surface area contributed by atoms with Gasteiger partial charge in [0.15, 0.2) is 12.4 Å². The SMILES string of the molecule is C#CCOc1cc(-n2nc3n(c2=O)CCCC3)c(Cl)cc1Cl.COc1cc(OC)nc(NC(=O)NS(=O)(=O)c2ncccc2C(=O)N(C)C)n1.CP(=O)(O)CCC(N)C(=O)O.O=C(Nc1nc(OC(F)F)cc(OC(F)F)n1)NS(=O)(=O)c1ccccc1C(=O)O. The fraction of sp³-hybridized carbons (Fsp3) is 0.306. The number of hydrogen-bond acceptors (Lipinski definition) is 23. The third-order valence-electron chi connectivity index (χ3n) is 10.9. The van der Waals surface area contributed by atoms with E-state index in [9.17, 15) is 67.7 Å². The van der Waals surface area contributed by atoms with Crippen LogP contribution in [-0.2, 0) is 42.4 Å². The normalized spacial score (nSPS) is 12.5. The van der Waals surface area contributed by atoms with Crippen molar-refractivity contribution in [3.8, 4) is 47.3 Å². The summed E-state index contributed by atoms with van der Waals surface area (Å²) in [5, 5.41) is 25.6. The van der Waals surface area contributed by atoms with Crippen LogP contribution >= 0.6 is 30.6 Å². The number of aromatic nitrogens is 8. The molecular formula is C49H53Cl2F4N14O19PS2. The molecular weight excluding hydrogens is 1330 g/mol. The van der Waals surface area contributed by atoms with Crippen molar-refractivity contribution in [3.05, 3.63) is 104 Å². The number of urea groups is 2. The highest BCUT2D eigenvalue weighted by Gasteiger charge is 2.29. The number of halogens is 6. The number of pyridine rings is 1. The molecule has 5 heterocycles. The van der Waals surface area contributed by atoms with Crippen molar-refractivity contribution in [2.45, 2.75) is 61.4 Å². The first-order chi connectivity index (χ1) is 42.6. The first-order valence-corrected chi connectivity index (χ1v) is 31.1. The summed E-state index contributed by atoms with van der Waals surface area (Å²) >= 11 is 12.3. The van der Waals surface area contributed by atoms with Gasteiger partial charge in [0.1, 0.15) is 29.1 Å². The summed E-state index contributed by atoms with van der Waals surface area (Å²) in [6, 6.07) is 8.21. The van der Waals surface area contributed by atoms with E-state index in [1.165, 1.54) is 91.9 Å². The second kappa shape index (κ2) is 33.4. The van der Waals surface area contributed by atoms with E-state index >= 15 is 0 Å². The van der Waals surface area contributed by atoms with Crippen LogP contribution in [0.25, 0.3) is 5.69 Å². The van der Waals surface area contributed by atoms with E-state index in [0.717, 1.165) is 37.2 Å². The molecule has 1 aliphatic heterocycles. The Bertz CT molecular complexity index is 3960. The van der Waals surface area contributed by atoms with Gasteiger partial charge in [0.2, 0.25) is 35.4 Å². The highest BCUT2D eigenvalue weighted by molar-refractivity contribution is 7.90. The number of ether oxygens (including phenoxy) is 5. The number of amides is 5. The average Bonchev–Trinajstić information content (AvgIpc) is 1.83. The number of aliphatic carboxylic acids is 1. The molecule has 91 heavy (non-hydrogen) atoms. The standard InChI is InChI=1S/C15H13Cl2N3O2.C15H18N6O6S.C14H10F4N4O7S.C5H12NO4P/c1-2-7-22-13-9-12(10(16)8-11(13)17)20-15(21)19-6-4-3-5-14(19)18-20;1-21(2)13(22)9-6-5-7-16-12(9)28(24,25)20-15(23)19-14-17-10(26-3)8-11(18-14)27-4;15-11(16)28-8-5-9(29-12(17)18)20-13(19-8)21-14(25)22-30(26,27)7-4-2-1-3-6(7)10(23)24;1-11(9,10)3-2-4(6)5(7)8/h1,8-9H,3-7H2;5-8H,1-4H3,(H2,17,18,19,20,23);1-5,11-12H,(H,23,24)(H2,19,20,21,22,25);4H,2-3,6H2,1H3,(H,7,8)(H,9,10). The highest BCUT2D eigenvalue weighted by atomic mass is 35.5. The van der Waals surface area contributed by atoms with E-state index in [1.807, 2.05) is 0 Å². The Kier molecular flexibility index (Phi) is 27.2. The molecule has 0 saturated heterocycles. The number of carbonyl (C=O) groups excluding carboxylic acids is 3. The van der Waals surface area contributed by atoms with Crippen LogP contribution < -0.4 is 55.2 Å². The number of nitrogens with zero attached hydrogens (tertiary/aromatic N) is 9. The van der Waals surface area contributed by atoms with Crippen LogP contribution in [0, 0.1) is 12.3 Å². The third kappa shape index (κ3) is 22.8. The first kappa shape index (κ1) is 74.0. The Labute approximate surface area is 522 Å². The zero-order valence-electron chi connectivity index (χ0n) is 47.6. The number of nitrogens with one attached hydrogen (secondary N) is 4. The zero-order valence-corrected chi connectivity index (χ0v) is 51.7. The molecule has 5 amide bonds. The molecule has 2 unspecified atom stereocenters. The number of methoxy groups -OCH3 is 2. The van der Waals surface area contributed by atoms with Gasteiger partial charge in [0.05, 0.1) is 53.2 Å². The Morgan fingerprint density at radius 3 is 1.86 bits per heavy atom. The third-order valence-corrected chi connectivity index (χ3v) is 15.2. The second-order valence-corrected chi connectivity index (χ2v) is 24.4. The number of fused-ring (bicyclic) bond motifs is 1. The fourth-order valence-electron chi connectivity index (χ4n) is 6.89. The van der Waals surface area contributed by atoms with Crippen molar-refractivity contribution in [3.63, 3.8) is 0 Å². The Hall–Kier alpha value is -9.45. The Morgan fingerprint density at radius 2 is 1.35 bits per heavy atom. The molecule has 7 rings (SSSR count). The first-order valence-electron chi connectivity index (χ1n) is 25.0. The molecule has 6 aromatic rings. The van der Waals surface area contributed by atoms with Crippen LogP contribution in [0.1, 0.15) is 45.8 Å². The number of aryl methyl sites for hydroxylation is 1. The number of hydrogen-bond donors (Lipinski definition) is 8. The van der Waals surface area contributed by atoms with Gasteiger partial charge in [-0.15, -0.1) is 11.5 Å². The number of aromatic carboxylic acids is 1. The van der Waals surface area contributed by atoms with Gasteiger partial charge in [-0.05, 0) is 49.6 Å². The molecule has 492 valence electrons. The van der Waals surface area contributed by atoms with Crippen molar-refractivity contribution in [2.24, 2.45) is 5.73 Å². The van der Waals surface area contributed by atoms with E-state index in [0.29, 0.717) is 34.1 Å². The number of terminal acetylenes is 1. The van der Waals surface area contributed by atoms with Gasteiger partial charge in [-0.3, -0.25) is 29.4 Å². The van der Waals surface area contributed by atoms with Gasteiger partial charge in [-0.1, -0.05) is 41.3 Å². The van der Waals surface area contributed by atoms with Crippen LogP contribution in [-0.4, -0.2) is 173 Å². The van der Waals surface area contributed by atoms with Gasteiger partial charge >= 0.3 is 42.9 Å². The molecule has 0 aliphatic carbocycles. The van der Waals surface area contributed by atoms with Crippen molar-refractivity contribution in [2.75, 3.05) is 58.4 Å². The number of benzene rings is 2. The van der Waals surface area contributed by atoms with Crippen molar-refractivity contribution < 1.29 is 102 Å². The molecule has 33 nitrogen and oxygen atoms in total. The summed E-state index contributed by atoms with van der Waals surface area (Å²) in [7, 11) is -6.67. The lowest BCUT2D eigenvalue weighted by Crippen LogP contribution is -2.36. The van der Waals surface area contributed by atoms with Crippen LogP contribution in [0.15, 0.2) is 81.6 Å². The number of carboxylic acids is 2. The zero-order chi connectivity index (χ0) is 68.1. The second-order valence-electron chi connectivity index (χ2n) is 17.8. The van der Waals surface area contributed by atoms with E-state index in [2.05, 4.69) is 50.7 Å². The quantitative estimate of drug-likeness (QED) is 0.0282. The lowest BCUT2D eigenvalue weighted by molar-refractivity contribution is -0.138. The lowest BCUT2D eigenvalue weighted by atomic mass is 10.2.